The number of thiocarbonyl (C=S) groups is 1. The van der Waals surface area contributed by atoms with Crippen LogP contribution in [0.15, 0.2) is 30.3 Å². The minimum Gasteiger partial charge on any atom is -0.493 e. The lowest BCUT2D eigenvalue weighted by atomic mass is 10.1. The normalized spacial score (nSPS) is 14.4. The highest BCUT2D eigenvalue weighted by atomic mass is 32.1. The van der Waals surface area contributed by atoms with Crippen molar-refractivity contribution in [3.63, 3.8) is 0 Å². The van der Waals surface area contributed by atoms with Gasteiger partial charge in [-0.15, -0.1) is 0 Å². The Morgan fingerprint density at radius 1 is 0.967 bits per heavy atom. The van der Waals surface area contributed by atoms with Crippen molar-refractivity contribution in [3.05, 3.63) is 47.0 Å². The van der Waals surface area contributed by atoms with Gasteiger partial charge in [0.2, 0.25) is 5.75 Å². The topological polar surface area (TPSA) is 47.4 Å². The largest absolute Gasteiger partial charge is 0.493 e. The minimum absolute atomic E-state index is 0.648. The van der Waals surface area contributed by atoms with Crippen molar-refractivity contribution in [3.8, 4) is 17.2 Å². The molecule has 3 rings (SSSR count). The Morgan fingerprint density at radius 2 is 1.67 bits per heavy atom. The van der Waals surface area contributed by atoms with Crippen LogP contribution in [0.3, 0.4) is 0 Å². The Bertz CT molecular complexity index is 896. The van der Waals surface area contributed by atoms with Crippen LogP contribution in [0.2, 0.25) is 0 Å². The highest BCUT2D eigenvalue weighted by molar-refractivity contribution is 7.80. The monoisotopic (exact) mass is 430 g/mol. The number of methoxy groups -OCH3 is 3. The number of piperazine rings is 1. The molecule has 0 radical (unpaired) electrons. The number of ether oxygens (including phenoxy) is 3. The molecule has 2 N–H and O–H groups in total. The molecule has 162 valence electrons. The summed E-state index contributed by atoms with van der Waals surface area (Å²) in [6, 6.07) is 10.4. The van der Waals surface area contributed by atoms with E-state index in [9.17, 15) is 0 Å². The molecule has 0 aromatic heterocycles. The number of nitrogens with zero attached hydrogens (tertiary/aromatic N) is 1. The van der Waals surface area contributed by atoms with Crippen molar-refractivity contribution in [1.29, 1.82) is 0 Å². The van der Waals surface area contributed by atoms with Gasteiger partial charge in [-0.1, -0.05) is 6.07 Å². The summed E-state index contributed by atoms with van der Waals surface area (Å²) in [5.41, 5.74) is 4.72. The summed E-state index contributed by atoms with van der Waals surface area (Å²) in [5, 5.41) is 4.18. The summed E-state index contributed by atoms with van der Waals surface area (Å²) in [5.74, 6) is 2.08. The van der Waals surface area contributed by atoms with Gasteiger partial charge in [0.05, 0.1) is 53.1 Å². The zero-order valence-corrected chi connectivity index (χ0v) is 19.3. The molecule has 0 saturated carbocycles. The molecule has 7 heteroatoms. The third-order valence-corrected chi connectivity index (χ3v) is 6.10. The van der Waals surface area contributed by atoms with Crippen LogP contribution in [0.5, 0.6) is 17.2 Å². The number of hydrogen-bond acceptors (Lipinski definition) is 4. The number of nitrogens with one attached hydrogen (secondary N) is 2. The third-order valence-electron chi connectivity index (χ3n) is 5.74. The molecule has 1 heterocycles. The van der Waals surface area contributed by atoms with Gasteiger partial charge in [0.15, 0.2) is 16.6 Å². The lowest BCUT2D eigenvalue weighted by Crippen LogP contribution is -3.13. The van der Waals surface area contributed by atoms with E-state index < -0.39 is 0 Å². The second-order valence-corrected chi connectivity index (χ2v) is 8.02. The number of rotatable bonds is 6. The van der Waals surface area contributed by atoms with E-state index in [0.717, 1.165) is 54.8 Å². The second-order valence-electron chi connectivity index (χ2n) is 7.64. The molecule has 1 saturated heterocycles. The van der Waals surface area contributed by atoms with Crippen LogP contribution in [0.4, 0.5) is 5.69 Å². The van der Waals surface area contributed by atoms with Crippen LogP contribution < -0.4 is 24.4 Å². The lowest BCUT2D eigenvalue weighted by Gasteiger charge is -2.34. The molecule has 0 spiro atoms. The van der Waals surface area contributed by atoms with Gasteiger partial charge in [0.25, 0.3) is 0 Å². The minimum atomic E-state index is 0.648. The first-order valence-corrected chi connectivity index (χ1v) is 10.6. The molecule has 0 bridgehead atoms. The number of aryl methyl sites for hydroxylation is 2. The zero-order valence-electron chi connectivity index (χ0n) is 18.5. The standard InChI is InChI=1S/C23H31N3O3S/c1-16-6-8-19(14-17(16)2)24-23(30)26-12-10-25(11-13-26)15-18-7-9-20(27-3)22(29-5)21(18)28-4/h6-9,14H,10-13,15H2,1-5H3,(H,24,30)/p+1. The van der Waals surface area contributed by atoms with Gasteiger partial charge in [-0.2, -0.15) is 0 Å². The van der Waals surface area contributed by atoms with Crippen molar-refractivity contribution in [2.45, 2.75) is 20.4 Å². The first kappa shape index (κ1) is 22.2. The van der Waals surface area contributed by atoms with Gasteiger partial charge < -0.3 is 29.3 Å². The maximum Gasteiger partial charge on any atom is 0.203 e. The number of anilines is 1. The SMILES string of the molecule is COc1ccc(C[NH+]2CCN(C(=S)Nc3ccc(C)c(C)c3)CC2)c(OC)c1OC. The van der Waals surface area contributed by atoms with Crippen LogP contribution in [0.1, 0.15) is 16.7 Å². The third kappa shape index (κ3) is 4.96. The quantitative estimate of drug-likeness (QED) is 0.687. The number of benzene rings is 2. The molecule has 2 aromatic carbocycles. The predicted molar refractivity (Wildman–Crippen MR) is 124 cm³/mol. The molecular weight excluding hydrogens is 398 g/mol. The van der Waals surface area contributed by atoms with Crippen LogP contribution in [-0.2, 0) is 6.54 Å². The Hall–Kier alpha value is -2.51. The van der Waals surface area contributed by atoms with Crippen molar-refractivity contribution < 1.29 is 19.1 Å². The first-order valence-electron chi connectivity index (χ1n) is 10.2. The molecule has 1 aliphatic heterocycles. The van der Waals surface area contributed by atoms with E-state index in [-0.39, 0.29) is 0 Å². The summed E-state index contributed by atoms with van der Waals surface area (Å²) >= 11 is 5.66. The van der Waals surface area contributed by atoms with Crippen molar-refractivity contribution >= 4 is 23.0 Å². The van der Waals surface area contributed by atoms with E-state index in [2.05, 4.69) is 48.3 Å². The maximum atomic E-state index is 5.66. The molecule has 6 nitrogen and oxygen atoms in total. The predicted octanol–water partition coefficient (Wildman–Crippen LogP) is 2.43. The molecule has 1 aliphatic rings. The fourth-order valence-corrected chi connectivity index (χ4v) is 4.10. The Balaban J connectivity index is 1.59. The fourth-order valence-electron chi connectivity index (χ4n) is 3.80. The van der Waals surface area contributed by atoms with Gasteiger partial charge >= 0.3 is 0 Å². The van der Waals surface area contributed by atoms with E-state index in [0.29, 0.717) is 11.5 Å². The Labute approximate surface area is 184 Å². The maximum absolute atomic E-state index is 5.66. The molecular formula is C23H32N3O3S+. The van der Waals surface area contributed by atoms with Gasteiger partial charge in [-0.05, 0) is 61.5 Å². The summed E-state index contributed by atoms with van der Waals surface area (Å²) in [6.07, 6.45) is 0. The molecule has 0 aliphatic carbocycles. The lowest BCUT2D eigenvalue weighted by molar-refractivity contribution is -0.917. The number of quaternary nitrogens is 1. The Morgan fingerprint density at radius 3 is 2.27 bits per heavy atom. The van der Waals surface area contributed by atoms with Crippen LogP contribution >= 0.6 is 12.2 Å². The van der Waals surface area contributed by atoms with Gasteiger partial charge in [0.1, 0.15) is 6.54 Å². The highest BCUT2D eigenvalue weighted by Crippen LogP contribution is 2.39. The van der Waals surface area contributed by atoms with Crippen molar-refractivity contribution in [2.75, 3.05) is 52.8 Å². The van der Waals surface area contributed by atoms with Gasteiger partial charge in [0, 0.05) is 5.69 Å². The van der Waals surface area contributed by atoms with Gasteiger partial charge in [-0.25, -0.2) is 0 Å². The molecule has 30 heavy (non-hydrogen) atoms. The first-order chi connectivity index (χ1) is 14.5. The van der Waals surface area contributed by atoms with Crippen LogP contribution in [0, 0.1) is 13.8 Å². The Kier molecular flexibility index (Phi) is 7.39. The molecule has 1 fully saturated rings. The highest BCUT2D eigenvalue weighted by Gasteiger charge is 2.25. The average Bonchev–Trinajstić information content (AvgIpc) is 2.76. The molecule has 0 atom stereocenters. The van der Waals surface area contributed by atoms with E-state index in [1.54, 1.807) is 21.3 Å². The fraction of sp³-hybridized carbons (Fsp3) is 0.435. The second kappa shape index (κ2) is 10.00. The van der Waals surface area contributed by atoms with E-state index in [1.165, 1.54) is 16.0 Å². The summed E-state index contributed by atoms with van der Waals surface area (Å²) in [4.78, 5) is 3.74. The summed E-state index contributed by atoms with van der Waals surface area (Å²) in [6.45, 7) is 8.96. The van der Waals surface area contributed by atoms with Crippen molar-refractivity contribution in [1.82, 2.24) is 4.90 Å². The van der Waals surface area contributed by atoms with E-state index in [4.69, 9.17) is 26.4 Å². The number of hydrogen-bond donors (Lipinski definition) is 2. The van der Waals surface area contributed by atoms with E-state index in [1.807, 2.05) is 6.07 Å². The summed E-state index contributed by atoms with van der Waals surface area (Å²) < 4.78 is 16.5. The van der Waals surface area contributed by atoms with Crippen LogP contribution in [0.25, 0.3) is 0 Å². The average molecular weight is 431 g/mol. The molecule has 0 unspecified atom stereocenters. The zero-order chi connectivity index (χ0) is 21.7. The van der Waals surface area contributed by atoms with Crippen LogP contribution in [-0.4, -0.2) is 57.5 Å². The van der Waals surface area contributed by atoms with Gasteiger partial charge in [-0.3, -0.25) is 0 Å². The summed E-state index contributed by atoms with van der Waals surface area (Å²) in [7, 11) is 4.94. The molecule has 2 aromatic rings. The van der Waals surface area contributed by atoms with E-state index >= 15 is 0 Å². The van der Waals surface area contributed by atoms with Crippen molar-refractivity contribution in [2.24, 2.45) is 0 Å². The smallest absolute Gasteiger partial charge is 0.203 e. The molecule has 0 amide bonds.